The Balaban J connectivity index is 3.73. The zero-order chi connectivity index (χ0) is 9.56. The topological polar surface area (TPSA) is 93.0 Å². The van der Waals surface area contributed by atoms with Crippen molar-refractivity contribution >= 4 is 0 Å². The summed E-state index contributed by atoms with van der Waals surface area (Å²) in [4.78, 5) is 0. The van der Waals surface area contributed by atoms with Gasteiger partial charge in [0.1, 0.15) is 6.10 Å². The lowest BCUT2D eigenvalue weighted by atomic mass is 10.1. The van der Waals surface area contributed by atoms with Crippen molar-refractivity contribution in [2.75, 3.05) is 20.2 Å². The van der Waals surface area contributed by atoms with Crippen LogP contribution in [-0.2, 0) is 0 Å². The van der Waals surface area contributed by atoms with E-state index in [1.165, 1.54) is 0 Å². The maximum atomic E-state index is 9.20. The van der Waals surface area contributed by atoms with Crippen LogP contribution in [0.5, 0.6) is 0 Å². The Morgan fingerprint density at radius 3 is 2.17 bits per heavy atom. The molecule has 3 atom stereocenters. The molecule has 5 N–H and O–H groups in total. The largest absolute Gasteiger partial charge is 0.396 e. The van der Waals surface area contributed by atoms with E-state index in [4.69, 9.17) is 15.3 Å². The van der Waals surface area contributed by atoms with Crippen molar-refractivity contribution in [1.82, 2.24) is 5.32 Å². The van der Waals surface area contributed by atoms with Gasteiger partial charge in [0.15, 0.2) is 0 Å². The van der Waals surface area contributed by atoms with Gasteiger partial charge in [0.2, 0.25) is 0 Å². The lowest BCUT2D eigenvalue weighted by Gasteiger charge is -2.21. The average Bonchev–Trinajstić information content (AvgIpc) is 2.04. The summed E-state index contributed by atoms with van der Waals surface area (Å²) in [5.74, 6) is 0. The molecule has 0 aliphatic carbocycles. The van der Waals surface area contributed by atoms with E-state index in [0.29, 0.717) is 0 Å². The van der Waals surface area contributed by atoms with Crippen molar-refractivity contribution < 1.29 is 20.4 Å². The van der Waals surface area contributed by atoms with Gasteiger partial charge in [-0.3, -0.25) is 0 Å². The molecule has 0 bridgehead atoms. The van der Waals surface area contributed by atoms with E-state index in [-0.39, 0.29) is 19.6 Å². The molecular weight excluding hydrogens is 162 g/mol. The highest BCUT2D eigenvalue weighted by molar-refractivity contribution is 4.75. The van der Waals surface area contributed by atoms with Gasteiger partial charge >= 0.3 is 0 Å². The summed E-state index contributed by atoms with van der Waals surface area (Å²) in [6.07, 6.45) is -3.21. The first-order valence-electron chi connectivity index (χ1n) is 3.93. The minimum absolute atomic E-state index is 0.0714. The van der Waals surface area contributed by atoms with Gasteiger partial charge in [-0.05, 0) is 13.5 Å². The van der Waals surface area contributed by atoms with Gasteiger partial charge in [-0.1, -0.05) is 0 Å². The minimum atomic E-state index is -1.20. The second-order valence-electron chi connectivity index (χ2n) is 2.70. The summed E-state index contributed by atoms with van der Waals surface area (Å²) < 4.78 is 0. The maximum Gasteiger partial charge on any atom is 0.107 e. The molecule has 0 spiro atoms. The molecule has 0 aromatic heterocycles. The molecule has 5 heteroatoms. The lowest BCUT2D eigenvalue weighted by Crippen LogP contribution is -2.42. The SMILES string of the molecule is CNCC(O)C(O)C(O)CCO. The molecule has 0 saturated carbocycles. The van der Waals surface area contributed by atoms with E-state index in [1.807, 2.05) is 0 Å². The van der Waals surface area contributed by atoms with Crippen LogP contribution in [0, 0.1) is 0 Å². The summed E-state index contributed by atoms with van der Waals surface area (Å²) in [6, 6.07) is 0. The second kappa shape index (κ2) is 6.33. The van der Waals surface area contributed by atoms with E-state index in [9.17, 15) is 5.11 Å². The van der Waals surface area contributed by atoms with Gasteiger partial charge in [0.05, 0.1) is 12.2 Å². The Hall–Kier alpha value is -0.200. The fraction of sp³-hybridized carbons (Fsp3) is 1.00. The molecule has 0 rings (SSSR count). The van der Waals surface area contributed by atoms with Crippen molar-refractivity contribution in [2.24, 2.45) is 0 Å². The van der Waals surface area contributed by atoms with E-state index in [2.05, 4.69) is 5.32 Å². The Labute approximate surface area is 71.7 Å². The van der Waals surface area contributed by atoms with Crippen LogP contribution in [0.15, 0.2) is 0 Å². The number of nitrogens with one attached hydrogen (secondary N) is 1. The maximum absolute atomic E-state index is 9.20. The molecule has 0 radical (unpaired) electrons. The number of aliphatic hydroxyl groups excluding tert-OH is 4. The van der Waals surface area contributed by atoms with Crippen LogP contribution in [0.4, 0.5) is 0 Å². The Morgan fingerprint density at radius 2 is 1.75 bits per heavy atom. The third-order valence-corrected chi connectivity index (χ3v) is 1.63. The molecule has 0 amide bonds. The molecule has 5 nitrogen and oxygen atoms in total. The molecule has 0 aliphatic rings. The van der Waals surface area contributed by atoms with Crippen molar-refractivity contribution in [3.8, 4) is 0 Å². The molecule has 0 heterocycles. The van der Waals surface area contributed by atoms with Crippen molar-refractivity contribution in [3.63, 3.8) is 0 Å². The molecule has 74 valence electrons. The highest BCUT2D eigenvalue weighted by Crippen LogP contribution is 2.02. The van der Waals surface area contributed by atoms with Crippen molar-refractivity contribution in [3.05, 3.63) is 0 Å². The molecule has 3 unspecified atom stereocenters. The van der Waals surface area contributed by atoms with Gasteiger partial charge in [0, 0.05) is 13.2 Å². The molecular formula is C7H17NO4. The third-order valence-electron chi connectivity index (χ3n) is 1.63. The molecule has 0 aliphatic heterocycles. The monoisotopic (exact) mass is 179 g/mol. The Bertz CT molecular complexity index is 99.6. The van der Waals surface area contributed by atoms with Crippen LogP contribution in [0.25, 0.3) is 0 Å². The second-order valence-corrected chi connectivity index (χ2v) is 2.70. The predicted molar refractivity (Wildman–Crippen MR) is 43.6 cm³/mol. The highest BCUT2D eigenvalue weighted by Gasteiger charge is 2.23. The lowest BCUT2D eigenvalue weighted by molar-refractivity contribution is -0.0638. The van der Waals surface area contributed by atoms with E-state index in [0.717, 1.165) is 0 Å². The first kappa shape index (κ1) is 11.8. The van der Waals surface area contributed by atoms with Crippen molar-refractivity contribution in [2.45, 2.75) is 24.7 Å². The van der Waals surface area contributed by atoms with Crippen LogP contribution in [-0.4, -0.2) is 58.9 Å². The third kappa shape index (κ3) is 3.99. The molecule has 0 saturated heterocycles. The number of rotatable bonds is 6. The van der Waals surface area contributed by atoms with Crippen LogP contribution in [0.2, 0.25) is 0 Å². The van der Waals surface area contributed by atoms with Gasteiger partial charge in [-0.2, -0.15) is 0 Å². The summed E-state index contributed by atoms with van der Waals surface area (Å²) in [6.45, 7) is 0.00809. The van der Waals surface area contributed by atoms with E-state index in [1.54, 1.807) is 7.05 Å². The molecule has 0 fully saturated rings. The highest BCUT2D eigenvalue weighted by atomic mass is 16.4. The number of likely N-dealkylation sites (N-methyl/N-ethyl adjacent to an activating group) is 1. The van der Waals surface area contributed by atoms with Crippen LogP contribution < -0.4 is 5.32 Å². The van der Waals surface area contributed by atoms with Crippen LogP contribution >= 0.6 is 0 Å². The molecule has 12 heavy (non-hydrogen) atoms. The van der Waals surface area contributed by atoms with E-state index < -0.39 is 18.3 Å². The first-order chi connectivity index (χ1) is 5.63. The quantitative estimate of drug-likeness (QED) is 0.315. The number of aliphatic hydroxyl groups is 4. The smallest absolute Gasteiger partial charge is 0.107 e. The van der Waals surface area contributed by atoms with E-state index >= 15 is 0 Å². The minimum Gasteiger partial charge on any atom is -0.396 e. The summed E-state index contributed by atoms with van der Waals surface area (Å²) in [5, 5.41) is 38.6. The average molecular weight is 179 g/mol. The normalized spacial score (nSPS) is 18.8. The zero-order valence-corrected chi connectivity index (χ0v) is 7.14. The Kier molecular flexibility index (Phi) is 6.23. The predicted octanol–water partition coefficient (Wildman–Crippen LogP) is -2.33. The summed E-state index contributed by atoms with van der Waals surface area (Å²) in [5.41, 5.74) is 0. The van der Waals surface area contributed by atoms with Crippen LogP contribution in [0.3, 0.4) is 0 Å². The molecule has 0 aromatic rings. The zero-order valence-electron chi connectivity index (χ0n) is 7.14. The number of hydrogen-bond donors (Lipinski definition) is 5. The summed E-state index contributed by atoms with van der Waals surface area (Å²) >= 11 is 0. The number of hydrogen-bond acceptors (Lipinski definition) is 5. The van der Waals surface area contributed by atoms with Crippen molar-refractivity contribution in [1.29, 1.82) is 0 Å². The van der Waals surface area contributed by atoms with Gasteiger partial charge < -0.3 is 25.7 Å². The van der Waals surface area contributed by atoms with Gasteiger partial charge in [0.25, 0.3) is 0 Å². The Morgan fingerprint density at radius 1 is 1.17 bits per heavy atom. The summed E-state index contributed by atoms with van der Waals surface area (Å²) in [7, 11) is 1.63. The standard InChI is InChI=1S/C7H17NO4/c1-8-4-6(11)7(12)5(10)2-3-9/h5-12H,2-4H2,1H3. The fourth-order valence-corrected chi connectivity index (χ4v) is 0.889. The van der Waals surface area contributed by atoms with Crippen LogP contribution in [0.1, 0.15) is 6.42 Å². The first-order valence-corrected chi connectivity index (χ1v) is 3.93. The van der Waals surface area contributed by atoms with Gasteiger partial charge in [-0.25, -0.2) is 0 Å². The van der Waals surface area contributed by atoms with Gasteiger partial charge in [-0.15, -0.1) is 0 Å². The molecule has 0 aromatic carbocycles. The fourth-order valence-electron chi connectivity index (χ4n) is 0.889.